The Hall–Kier alpha value is -7.88. The Morgan fingerprint density at radius 1 is 0.419 bits per heavy atom. The highest BCUT2D eigenvalue weighted by Crippen LogP contribution is 2.62. The fraction of sp³-hybridized carbons (Fsp3) is 0.0508. The Kier molecular flexibility index (Phi) is 8.53. The van der Waals surface area contributed by atoms with E-state index < -0.39 is 5.41 Å². The predicted octanol–water partition coefficient (Wildman–Crippen LogP) is 14.7. The first-order valence-corrected chi connectivity index (χ1v) is 21.4. The van der Waals surface area contributed by atoms with Crippen LogP contribution >= 0.6 is 0 Å². The van der Waals surface area contributed by atoms with Gasteiger partial charge in [0, 0.05) is 33.7 Å². The molecule has 1 spiro atoms. The van der Waals surface area contributed by atoms with Gasteiger partial charge in [-0.3, -0.25) is 0 Å². The van der Waals surface area contributed by atoms with Crippen molar-refractivity contribution in [2.75, 3.05) is 0 Å². The minimum Gasteiger partial charge on any atom is -0.457 e. The second kappa shape index (κ2) is 14.7. The highest BCUT2D eigenvalue weighted by molar-refractivity contribution is 5.91. The number of allylic oxidation sites excluding steroid dienone is 4. The lowest BCUT2D eigenvalue weighted by atomic mass is 9.65. The van der Waals surface area contributed by atoms with Gasteiger partial charge in [0.1, 0.15) is 11.5 Å². The number of hydrogen-bond acceptors (Lipinski definition) is 3. The summed E-state index contributed by atoms with van der Waals surface area (Å²) in [7, 11) is 0. The minimum atomic E-state index is -0.555. The van der Waals surface area contributed by atoms with Gasteiger partial charge in [-0.2, -0.15) is 0 Å². The molecule has 2 heterocycles. The molecule has 62 heavy (non-hydrogen) atoms. The van der Waals surface area contributed by atoms with Crippen molar-refractivity contribution in [3.63, 3.8) is 0 Å². The van der Waals surface area contributed by atoms with Gasteiger partial charge < -0.3 is 4.74 Å². The second-order valence-electron chi connectivity index (χ2n) is 16.4. The van der Waals surface area contributed by atoms with Crippen molar-refractivity contribution >= 4 is 5.57 Å². The van der Waals surface area contributed by atoms with Crippen LogP contribution in [0.4, 0.5) is 0 Å². The van der Waals surface area contributed by atoms with Gasteiger partial charge in [-0.15, -0.1) is 0 Å². The molecule has 1 aromatic heterocycles. The van der Waals surface area contributed by atoms with E-state index in [1.165, 1.54) is 38.9 Å². The SMILES string of the molecule is C1=CC(c2ccccc2)CC=C1c1nc(-c2ccc(-c3ccccc3)cc2)cc(-c2ccccc2-c2ccc3c(c2)C2(c4ccccc4O3)c3ccccc3-c3ccccc32)n1. The van der Waals surface area contributed by atoms with Crippen molar-refractivity contribution in [3.05, 3.63) is 258 Å². The molecule has 1 unspecified atom stereocenters. The van der Waals surface area contributed by atoms with Crippen molar-refractivity contribution in [2.45, 2.75) is 17.8 Å². The van der Waals surface area contributed by atoms with E-state index in [0.717, 1.165) is 74.1 Å². The average molecular weight is 793 g/mol. The normalized spacial score (nSPS) is 15.2. The molecule has 0 radical (unpaired) electrons. The zero-order valence-corrected chi connectivity index (χ0v) is 33.9. The fourth-order valence-corrected chi connectivity index (χ4v) is 10.0. The number of fused-ring (bicyclic) bond motifs is 9. The monoisotopic (exact) mass is 792 g/mol. The number of benzene rings is 8. The molecule has 0 saturated heterocycles. The molecule has 3 heteroatoms. The van der Waals surface area contributed by atoms with Crippen molar-refractivity contribution in [2.24, 2.45) is 0 Å². The van der Waals surface area contributed by atoms with Crippen LogP contribution in [-0.4, -0.2) is 9.97 Å². The van der Waals surface area contributed by atoms with E-state index >= 15 is 0 Å². The number of aromatic nitrogens is 2. The smallest absolute Gasteiger partial charge is 0.160 e. The van der Waals surface area contributed by atoms with Crippen LogP contribution in [0.1, 0.15) is 46.0 Å². The van der Waals surface area contributed by atoms with Crippen LogP contribution in [0.15, 0.2) is 224 Å². The van der Waals surface area contributed by atoms with Gasteiger partial charge in [-0.05, 0) is 80.8 Å². The highest BCUT2D eigenvalue weighted by Gasteiger charge is 2.51. The Balaban J connectivity index is 1.01. The van der Waals surface area contributed by atoms with Crippen molar-refractivity contribution in [1.82, 2.24) is 9.97 Å². The third-order valence-electron chi connectivity index (χ3n) is 13.0. The standard InChI is InChI=1S/C59H40N2O/c1-3-15-39(16-4-1)41-27-31-43(32-28-41)54-38-55(61-58(60-54)44-33-29-42(30-34-44)40-17-5-2-6-18-40)49-22-8-7-19-46(49)45-35-36-57-53(37-45)59(52-25-13-14-26-56(52)62-57)50-23-11-9-20-47(50)48-21-10-12-24-51(48)59/h1-29,31-38,42H,30H2. The molecule has 8 aromatic carbocycles. The van der Waals surface area contributed by atoms with Crippen LogP contribution < -0.4 is 4.74 Å². The van der Waals surface area contributed by atoms with Gasteiger partial charge in [0.05, 0.1) is 16.8 Å². The molecule has 0 bridgehead atoms. The number of nitrogens with zero attached hydrogens (tertiary/aromatic N) is 2. The van der Waals surface area contributed by atoms with Crippen molar-refractivity contribution < 1.29 is 4.74 Å². The molecular formula is C59H40N2O. The molecule has 0 fully saturated rings. The zero-order valence-electron chi connectivity index (χ0n) is 33.9. The maximum Gasteiger partial charge on any atom is 0.160 e. The summed E-state index contributed by atoms with van der Waals surface area (Å²) >= 11 is 0. The van der Waals surface area contributed by atoms with Crippen LogP contribution in [0.2, 0.25) is 0 Å². The largest absolute Gasteiger partial charge is 0.457 e. The summed E-state index contributed by atoms with van der Waals surface area (Å²) in [6.07, 6.45) is 7.68. The Morgan fingerprint density at radius 2 is 0.968 bits per heavy atom. The summed E-state index contributed by atoms with van der Waals surface area (Å²) in [6.45, 7) is 0. The fourth-order valence-electron chi connectivity index (χ4n) is 10.0. The molecule has 2 aliphatic carbocycles. The third-order valence-corrected chi connectivity index (χ3v) is 13.0. The summed E-state index contributed by atoms with van der Waals surface area (Å²) in [6, 6.07) is 73.8. The molecule has 12 rings (SSSR count). The quantitative estimate of drug-likeness (QED) is 0.168. The molecule has 0 amide bonds. The molecule has 1 aliphatic heterocycles. The van der Waals surface area contributed by atoms with E-state index in [-0.39, 0.29) is 0 Å². The lowest BCUT2D eigenvalue weighted by molar-refractivity contribution is 0.436. The molecule has 292 valence electrons. The Bertz CT molecular complexity index is 3190. The molecule has 0 saturated carbocycles. The van der Waals surface area contributed by atoms with Gasteiger partial charge in [-0.1, -0.05) is 200 Å². The Morgan fingerprint density at radius 3 is 1.68 bits per heavy atom. The number of rotatable bonds is 6. The first-order chi connectivity index (χ1) is 30.7. The van der Waals surface area contributed by atoms with Crippen LogP contribution in [0.25, 0.3) is 61.5 Å². The molecule has 0 N–H and O–H groups in total. The van der Waals surface area contributed by atoms with E-state index in [2.05, 4.69) is 224 Å². The maximum absolute atomic E-state index is 6.79. The molecule has 9 aromatic rings. The van der Waals surface area contributed by atoms with Gasteiger partial charge in [0.25, 0.3) is 0 Å². The van der Waals surface area contributed by atoms with Gasteiger partial charge >= 0.3 is 0 Å². The predicted molar refractivity (Wildman–Crippen MR) is 252 cm³/mol. The van der Waals surface area contributed by atoms with E-state index in [1.54, 1.807) is 0 Å². The van der Waals surface area contributed by atoms with Crippen molar-refractivity contribution in [1.29, 1.82) is 0 Å². The van der Waals surface area contributed by atoms with Crippen LogP contribution in [0.3, 0.4) is 0 Å². The first-order valence-electron chi connectivity index (χ1n) is 21.4. The highest BCUT2D eigenvalue weighted by atomic mass is 16.5. The summed E-state index contributed by atoms with van der Waals surface area (Å²) < 4.78 is 6.79. The lowest BCUT2D eigenvalue weighted by Gasteiger charge is -2.39. The zero-order chi connectivity index (χ0) is 41.0. The summed E-state index contributed by atoms with van der Waals surface area (Å²) in [5.74, 6) is 2.79. The lowest BCUT2D eigenvalue weighted by Crippen LogP contribution is -2.32. The summed E-state index contributed by atoms with van der Waals surface area (Å²) in [4.78, 5) is 10.7. The third kappa shape index (κ3) is 5.81. The summed E-state index contributed by atoms with van der Waals surface area (Å²) in [5, 5.41) is 0. The van der Waals surface area contributed by atoms with E-state index in [1.807, 2.05) is 0 Å². The van der Waals surface area contributed by atoms with Crippen LogP contribution in [0.5, 0.6) is 11.5 Å². The maximum atomic E-state index is 6.79. The van der Waals surface area contributed by atoms with E-state index in [9.17, 15) is 0 Å². The minimum absolute atomic E-state index is 0.316. The van der Waals surface area contributed by atoms with Gasteiger partial charge in [-0.25, -0.2) is 9.97 Å². The number of para-hydroxylation sites is 1. The molecule has 3 nitrogen and oxygen atoms in total. The summed E-state index contributed by atoms with van der Waals surface area (Å²) in [5.41, 5.74) is 17.5. The van der Waals surface area contributed by atoms with Crippen LogP contribution in [0, 0.1) is 0 Å². The topological polar surface area (TPSA) is 35.0 Å². The number of ether oxygens (including phenoxy) is 1. The van der Waals surface area contributed by atoms with Crippen molar-refractivity contribution in [3.8, 4) is 67.4 Å². The molecule has 3 aliphatic rings. The first kappa shape index (κ1) is 36.0. The molecule has 1 atom stereocenters. The number of hydrogen-bond donors (Lipinski definition) is 0. The van der Waals surface area contributed by atoms with Gasteiger partial charge in [0.2, 0.25) is 0 Å². The van der Waals surface area contributed by atoms with Crippen LogP contribution in [-0.2, 0) is 5.41 Å². The van der Waals surface area contributed by atoms with Gasteiger partial charge in [0.15, 0.2) is 5.82 Å². The molecular weight excluding hydrogens is 753 g/mol. The second-order valence-corrected chi connectivity index (χ2v) is 16.4. The average Bonchev–Trinajstić information content (AvgIpc) is 3.65. The Labute approximate surface area is 362 Å². The van der Waals surface area contributed by atoms with E-state index in [0.29, 0.717) is 5.92 Å². The van der Waals surface area contributed by atoms with E-state index in [4.69, 9.17) is 14.7 Å².